The summed E-state index contributed by atoms with van der Waals surface area (Å²) in [6, 6.07) is 2.53. The molecule has 0 bridgehead atoms. The molecule has 3 amide bonds. The Kier molecular flexibility index (Phi) is 6.00. The second kappa shape index (κ2) is 8.46. The summed E-state index contributed by atoms with van der Waals surface area (Å²) in [5.41, 5.74) is 0.298. The maximum Gasteiger partial charge on any atom is 0.410 e. The van der Waals surface area contributed by atoms with Gasteiger partial charge in [-0.2, -0.15) is 0 Å². The molecule has 2 aliphatic rings. The topological polar surface area (TPSA) is 105 Å². The van der Waals surface area contributed by atoms with Crippen molar-refractivity contribution in [1.29, 1.82) is 0 Å². The normalized spacial score (nSPS) is 19.7. The maximum absolute atomic E-state index is 13.7. The average molecular weight is 407 g/mol. The van der Waals surface area contributed by atoms with Crippen molar-refractivity contribution in [3.05, 3.63) is 29.6 Å². The van der Waals surface area contributed by atoms with E-state index >= 15 is 0 Å². The van der Waals surface area contributed by atoms with E-state index in [1.807, 2.05) is 0 Å². The average Bonchev–Trinajstić information content (AvgIpc) is 3.09. The number of hydrogen-bond acceptors (Lipinski definition) is 6. The Bertz CT molecular complexity index is 837. The molecule has 29 heavy (non-hydrogen) atoms. The van der Waals surface area contributed by atoms with Gasteiger partial charge in [-0.3, -0.25) is 14.5 Å². The van der Waals surface area contributed by atoms with Crippen LogP contribution < -0.4 is 5.32 Å². The van der Waals surface area contributed by atoms with Crippen LogP contribution in [0.15, 0.2) is 18.2 Å². The van der Waals surface area contributed by atoms with Gasteiger partial charge < -0.3 is 19.7 Å². The summed E-state index contributed by atoms with van der Waals surface area (Å²) >= 11 is 0. The molecule has 0 aliphatic carbocycles. The van der Waals surface area contributed by atoms with Crippen molar-refractivity contribution < 1.29 is 33.0 Å². The Morgan fingerprint density at radius 2 is 1.93 bits per heavy atom. The number of likely N-dealkylation sites (tertiary alicyclic amines) is 1. The van der Waals surface area contributed by atoms with Crippen LogP contribution in [0.25, 0.3) is 0 Å². The van der Waals surface area contributed by atoms with Crippen molar-refractivity contribution in [1.82, 2.24) is 9.80 Å². The number of anilines is 1. The molecule has 2 aliphatic heterocycles. The zero-order valence-electron chi connectivity index (χ0n) is 16.1. The number of carbonyl (C=O) groups excluding carboxylic acids is 4. The Morgan fingerprint density at radius 1 is 1.24 bits per heavy atom. The van der Waals surface area contributed by atoms with Crippen molar-refractivity contribution >= 4 is 29.6 Å². The lowest BCUT2D eigenvalue weighted by molar-refractivity contribution is -0.146. The van der Waals surface area contributed by atoms with Gasteiger partial charge in [0.1, 0.15) is 12.4 Å². The Morgan fingerprint density at radius 3 is 2.55 bits per heavy atom. The van der Waals surface area contributed by atoms with E-state index in [0.29, 0.717) is 25.9 Å². The number of esters is 1. The third-order valence-electron chi connectivity index (χ3n) is 5.05. The maximum atomic E-state index is 13.7. The van der Waals surface area contributed by atoms with Crippen molar-refractivity contribution in [2.24, 2.45) is 0 Å². The first kappa shape index (κ1) is 20.6. The highest BCUT2D eigenvalue weighted by Crippen LogP contribution is 2.27. The van der Waals surface area contributed by atoms with Crippen LogP contribution in [0, 0.1) is 5.82 Å². The molecule has 1 aromatic carbocycles. The first-order chi connectivity index (χ1) is 13.8. The zero-order valence-corrected chi connectivity index (χ0v) is 16.1. The lowest BCUT2D eigenvalue weighted by Gasteiger charge is -2.37. The number of ether oxygens (including phenoxy) is 2. The number of methoxy groups -OCH3 is 1. The Hall–Kier alpha value is -3.17. The van der Waals surface area contributed by atoms with Crippen LogP contribution in [0.1, 0.15) is 30.1 Å². The van der Waals surface area contributed by atoms with Crippen LogP contribution in [0.5, 0.6) is 0 Å². The van der Waals surface area contributed by atoms with E-state index in [2.05, 4.69) is 5.32 Å². The fourth-order valence-electron chi connectivity index (χ4n) is 3.66. The molecule has 10 heteroatoms. The van der Waals surface area contributed by atoms with Crippen LogP contribution in [0.2, 0.25) is 0 Å². The van der Waals surface area contributed by atoms with E-state index in [1.54, 1.807) is 0 Å². The van der Waals surface area contributed by atoms with Gasteiger partial charge >= 0.3 is 12.1 Å². The molecule has 0 saturated carbocycles. The highest BCUT2D eigenvalue weighted by molar-refractivity contribution is 6.03. The molecular weight excluding hydrogens is 385 g/mol. The molecule has 2 saturated heterocycles. The largest absolute Gasteiger partial charge is 0.467 e. The number of benzene rings is 1. The highest BCUT2D eigenvalue weighted by Gasteiger charge is 2.44. The van der Waals surface area contributed by atoms with Gasteiger partial charge in [0, 0.05) is 26.1 Å². The molecule has 1 aromatic rings. The van der Waals surface area contributed by atoms with E-state index in [9.17, 15) is 23.6 Å². The van der Waals surface area contributed by atoms with Gasteiger partial charge in [-0.1, -0.05) is 0 Å². The molecule has 9 nitrogen and oxygen atoms in total. The van der Waals surface area contributed by atoms with Crippen molar-refractivity contribution in [2.75, 3.05) is 32.1 Å². The molecule has 0 aromatic heterocycles. The van der Waals surface area contributed by atoms with Gasteiger partial charge in [0.05, 0.1) is 18.4 Å². The molecule has 1 unspecified atom stereocenters. The smallest absolute Gasteiger partial charge is 0.410 e. The Labute approximate surface area is 166 Å². The molecule has 1 atom stereocenters. The highest BCUT2D eigenvalue weighted by atomic mass is 19.1. The van der Waals surface area contributed by atoms with E-state index in [4.69, 9.17) is 9.47 Å². The van der Waals surface area contributed by atoms with Crippen molar-refractivity contribution in [3.63, 3.8) is 0 Å². The van der Waals surface area contributed by atoms with E-state index in [1.165, 1.54) is 36.0 Å². The molecule has 3 rings (SSSR count). The minimum atomic E-state index is -0.797. The third kappa shape index (κ3) is 4.30. The number of carbonyl (C=O) groups is 4. The summed E-state index contributed by atoms with van der Waals surface area (Å²) in [5.74, 6) is -1.92. The number of amides is 3. The molecule has 0 spiro atoms. The monoisotopic (exact) mass is 407 g/mol. The van der Waals surface area contributed by atoms with Crippen LogP contribution in [0.3, 0.4) is 0 Å². The Balaban J connectivity index is 1.70. The van der Waals surface area contributed by atoms with Gasteiger partial charge in [-0.25, -0.2) is 14.0 Å². The number of cyclic esters (lactones) is 1. The standard InChI is InChI=1S/C19H22FN3O6/c1-11(24)21-15-4-3-12(20)9-14(15)17(25)22-7-5-13(6-8-22)23-16(18(26)28-2)10-29-19(23)27/h3-4,9,13,16H,5-8,10H2,1-2H3,(H,21,24). The van der Waals surface area contributed by atoms with Crippen LogP contribution >= 0.6 is 0 Å². The minimum Gasteiger partial charge on any atom is -0.467 e. The molecule has 2 heterocycles. The third-order valence-corrected chi connectivity index (χ3v) is 5.05. The first-order valence-corrected chi connectivity index (χ1v) is 9.21. The fraction of sp³-hybridized carbons (Fsp3) is 0.474. The van der Waals surface area contributed by atoms with Gasteiger partial charge in [-0.05, 0) is 31.0 Å². The predicted octanol–water partition coefficient (Wildman–Crippen LogP) is 1.38. The van der Waals surface area contributed by atoms with E-state index in [0.717, 1.165) is 6.07 Å². The number of piperidine rings is 1. The number of nitrogens with one attached hydrogen (secondary N) is 1. The van der Waals surface area contributed by atoms with Crippen LogP contribution in [-0.2, 0) is 19.1 Å². The number of hydrogen-bond donors (Lipinski definition) is 1. The second-order valence-corrected chi connectivity index (χ2v) is 6.92. The summed E-state index contributed by atoms with van der Waals surface area (Å²) in [6.07, 6.45) is 0.279. The first-order valence-electron chi connectivity index (χ1n) is 9.21. The fourth-order valence-corrected chi connectivity index (χ4v) is 3.66. The predicted molar refractivity (Wildman–Crippen MR) is 98.6 cm³/mol. The molecule has 156 valence electrons. The number of rotatable bonds is 4. The molecule has 1 N–H and O–H groups in total. The molecule has 2 fully saturated rings. The van der Waals surface area contributed by atoms with E-state index in [-0.39, 0.29) is 29.8 Å². The lowest BCUT2D eigenvalue weighted by Crippen LogP contribution is -2.52. The molecule has 0 radical (unpaired) electrons. The van der Waals surface area contributed by atoms with E-state index < -0.39 is 29.8 Å². The summed E-state index contributed by atoms with van der Waals surface area (Å²) in [7, 11) is 1.25. The van der Waals surface area contributed by atoms with Gasteiger partial charge in [-0.15, -0.1) is 0 Å². The lowest BCUT2D eigenvalue weighted by atomic mass is 10.0. The van der Waals surface area contributed by atoms with Gasteiger partial charge in [0.15, 0.2) is 6.04 Å². The second-order valence-electron chi connectivity index (χ2n) is 6.92. The van der Waals surface area contributed by atoms with Crippen LogP contribution in [0.4, 0.5) is 14.9 Å². The zero-order chi connectivity index (χ0) is 21.1. The van der Waals surface area contributed by atoms with Gasteiger partial charge in [0.2, 0.25) is 5.91 Å². The summed E-state index contributed by atoms with van der Waals surface area (Å²) < 4.78 is 23.4. The van der Waals surface area contributed by atoms with Gasteiger partial charge in [0.25, 0.3) is 5.91 Å². The summed E-state index contributed by atoms with van der Waals surface area (Å²) in [5, 5.41) is 2.53. The summed E-state index contributed by atoms with van der Waals surface area (Å²) in [4.78, 5) is 51.1. The van der Waals surface area contributed by atoms with Crippen molar-refractivity contribution in [3.8, 4) is 0 Å². The molecular formula is C19H22FN3O6. The quantitative estimate of drug-likeness (QED) is 0.756. The van der Waals surface area contributed by atoms with Crippen LogP contribution in [-0.4, -0.2) is 72.6 Å². The summed E-state index contributed by atoms with van der Waals surface area (Å²) in [6.45, 7) is 1.85. The SMILES string of the molecule is COC(=O)C1COC(=O)N1C1CCN(C(=O)c2cc(F)ccc2NC(C)=O)CC1. The minimum absolute atomic E-state index is 0.0615. The van der Waals surface area contributed by atoms with Crippen molar-refractivity contribution in [2.45, 2.75) is 31.8 Å². The number of halogens is 1. The number of nitrogens with zero attached hydrogens (tertiary/aromatic N) is 2.